The molecule has 0 aliphatic rings. The fourth-order valence-corrected chi connectivity index (χ4v) is 2.87. The van der Waals surface area contributed by atoms with E-state index in [1.54, 1.807) is 7.11 Å². The average molecular weight is 270 g/mol. The van der Waals surface area contributed by atoms with E-state index in [2.05, 4.69) is 55.7 Å². The molecule has 0 aliphatic heterocycles. The molecule has 1 rings (SSSR count). The minimum Gasteiger partial charge on any atom is -0.383 e. The zero-order valence-corrected chi connectivity index (χ0v) is 13.0. The molecular formula is C14H26N2OS. The molecule has 0 spiro atoms. The van der Waals surface area contributed by atoms with E-state index in [9.17, 15) is 0 Å². The van der Waals surface area contributed by atoms with Crippen molar-refractivity contribution in [2.24, 2.45) is 5.92 Å². The molecule has 0 aromatic carbocycles. The summed E-state index contributed by atoms with van der Waals surface area (Å²) >= 11 is 1.82. The van der Waals surface area contributed by atoms with Crippen molar-refractivity contribution in [2.75, 3.05) is 34.4 Å². The summed E-state index contributed by atoms with van der Waals surface area (Å²) in [6.45, 7) is 6.18. The first-order valence-electron chi connectivity index (χ1n) is 6.48. The van der Waals surface area contributed by atoms with Crippen molar-refractivity contribution in [3.63, 3.8) is 0 Å². The summed E-state index contributed by atoms with van der Waals surface area (Å²) in [5, 5.41) is 5.77. The van der Waals surface area contributed by atoms with Gasteiger partial charge < -0.3 is 15.0 Å². The fraction of sp³-hybridized carbons (Fsp3) is 0.714. The normalized spacial score (nSPS) is 15.3. The molecule has 1 aromatic rings. The lowest BCUT2D eigenvalue weighted by atomic mass is 10.0. The van der Waals surface area contributed by atoms with Crippen LogP contribution in [0.4, 0.5) is 0 Å². The van der Waals surface area contributed by atoms with Gasteiger partial charge in [-0.05, 0) is 31.5 Å². The third-order valence-corrected chi connectivity index (χ3v) is 4.19. The number of thiophene rings is 1. The Morgan fingerprint density at radius 2 is 2.11 bits per heavy atom. The van der Waals surface area contributed by atoms with Crippen LogP contribution in [0.25, 0.3) is 0 Å². The second-order valence-corrected chi connectivity index (χ2v) is 6.19. The van der Waals surface area contributed by atoms with Crippen LogP contribution in [-0.4, -0.2) is 45.3 Å². The van der Waals surface area contributed by atoms with Gasteiger partial charge in [-0.3, -0.25) is 0 Å². The average Bonchev–Trinajstić information content (AvgIpc) is 2.80. The van der Waals surface area contributed by atoms with Crippen LogP contribution in [0.15, 0.2) is 17.5 Å². The van der Waals surface area contributed by atoms with Crippen LogP contribution in [0.1, 0.15) is 24.8 Å². The van der Waals surface area contributed by atoms with Crippen LogP contribution in [-0.2, 0) is 4.74 Å². The Morgan fingerprint density at radius 1 is 1.39 bits per heavy atom. The van der Waals surface area contributed by atoms with E-state index in [-0.39, 0.29) is 0 Å². The quantitative estimate of drug-likeness (QED) is 0.786. The number of ether oxygens (including phenoxy) is 1. The molecule has 104 valence electrons. The molecule has 0 bridgehead atoms. The molecule has 0 radical (unpaired) electrons. The zero-order chi connectivity index (χ0) is 13.5. The molecule has 4 heteroatoms. The third kappa shape index (κ3) is 4.69. The van der Waals surface area contributed by atoms with E-state index in [0.717, 1.165) is 13.2 Å². The van der Waals surface area contributed by atoms with Gasteiger partial charge in [-0.1, -0.05) is 19.9 Å². The summed E-state index contributed by atoms with van der Waals surface area (Å²) in [5.74, 6) is 0.580. The number of nitrogens with one attached hydrogen (secondary N) is 1. The Kier molecular flexibility index (Phi) is 6.86. The first kappa shape index (κ1) is 15.6. The van der Waals surface area contributed by atoms with Crippen LogP contribution in [0.2, 0.25) is 0 Å². The minimum atomic E-state index is 0.414. The highest BCUT2D eigenvalue weighted by molar-refractivity contribution is 7.10. The SMILES string of the molecule is COCC(NCC(c1cccs1)N(C)C)C(C)C. The second kappa shape index (κ2) is 7.89. The fourth-order valence-electron chi connectivity index (χ4n) is 1.95. The number of hydrogen-bond donors (Lipinski definition) is 1. The number of rotatable bonds is 8. The van der Waals surface area contributed by atoms with Gasteiger partial charge in [-0.25, -0.2) is 0 Å². The Bertz CT molecular complexity index is 312. The van der Waals surface area contributed by atoms with Crippen LogP contribution >= 0.6 is 11.3 Å². The van der Waals surface area contributed by atoms with E-state index in [1.807, 2.05) is 11.3 Å². The molecule has 3 nitrogen and oxygen atoms in total. The molecule has 0 amide bonds. The van der Waals surface area contributed by atoms with Gasteiger partial charge in [0.2, 0.25) is 0 Å². The molecule has 1 aromatic heterocycles. The molecule has 2 unspecified atom stereocenters. The van der Waals surface area contributed by atoms with Gasteiger partial charge in [0.15, 0.2) is 0 Å². The number of hydrogen-bond acceptors (Lipinski definition) is 4. The topological polar surface area (TPSA) is 24.5 Å². The lowest BCUT2D eigenvalue weighted by Gasteiger charge is -2.28. The van der Waals surface area contributed by atoms with Crippen molar-refractivity contribution in [1.29, 1.82) is 0 Å². The number of nitrogens with zero attached hydrogens (tertiary/aromatic N) is 1. The van der Waals surface area contributed by atoms with Gasteiger partial charge in [0.05, 0.1) is 12.6 Å². The van der Waals surface area contributed by atoms with E-state index < -0.39 is 0 Å². The van der Waals surface area contributed by atoms with E-state index in [0.29, 0.717) is 18.0 Å². The first-order chi connectivity index (χ1) is 8.56. The Hall–Kier alpha value is -0.420. The van der Waals surface area contributed by atoms with E-state index in [4.69, 9.17) is 4.74 Å². The molecule has 2 atom stereocenters. The minimum absolute atomic E-state index is 0.414. The van der Waals surface area contributed by atoms with Crippen LogP contribution in [0, 0.1) is 5.92 Å². The molecule has 0 saturated heterocycles. The predicted molar refractivity (Wildman–Crippen MR) is 79.3 cm³/mol. The van der Waals surface area contributed by atoms with Gasteiger partial charge in [0.1, 0.15) is 0 Å². The number of likely N-dealkylation sites (N-methyl/N-ethyl adjacent to an activating group) is 1. The van der Waals surface area contributed by atoms with Crippen LogP contribution < -0.4 is 5.32 Å². The maximum atomic E-state index is 5.28. The second-order valence-electron chi connectivity index (χ2n) is 5.21. The van der Waals surface area contributed by atoms with Gasteiger partial charge in [0, 0.05) is 24.6 Å². The first-order valence-corrected chi connectivity index (χ1v) is 7.36. The van der Waals surface area contributed by atoms with Crippen molar-refractivity contribution < 1.29 is 4.74 Å². The summed E-state index contributed by atoms with van der Waals surface area (Å²) in [6.07, 6.45) is 0. The highest BCUT2D eigenvalue weighted by Crippen LogP contribution is 2.22. The van der Waals surface area contributed by atoms with Crippen LogP contribution in [0.3, 0.4) is 0 Å². The van der Waals surface area contributed by atoms with Crippen molar-refractivity contribution in [2.45, 2.75) is 25.9 Å². The Morgan fingerprint density at radius 3 is 2.56 bits per heavy atom. The van der Waals surface area contributed by atoms with Gasteiger partial charge >= 0.3 is 0 Å². The molecule has 0 aliphatic carbocycles. The van der Waals surface area contributed by atoms with E-state index in [1.165, 1.54) is 4.88 Å². The third-order valence-electron chi connectivity index (χ3n) is 3.22. The monoisotopic (exact) mass is 270 g/mol. The largest absolute Gasteiger partial charge is 0.383 e. The highest BCUT2D eigenvalue weighted by Gasteiger charge is 2.18. The smallest absolute Gasteiger partial charge is 0.0618 e. The maximum Gasteiger partial charge on any atom is 0.0618 e. The summed E-state index contributed by atoms with van der Waals surface area (Å²) < 4.78 is 5.28. The van der Waals surface area contributed by atoms with Crippen molar-refractivity contribution >= 4 is 11.3 Å². The lowest BCUT2D eigenvalue weighted by molar-refractivity contribution is 0.141. The van der Waals surface area contributed by atoms with Crippen LogP contribution in [0.5, 0.6) is 0 Å². The molecule has 1 heterocycles. The Labute approximate surface area is 115 Å². The van der Waals surface area contributed by atoms with E-state index >= 15 is 0 Å². The molecule has 0 saturated carbocycles. The highest BCUT2D eigenvalue weighted by atomic mass is 32.1. The standard InChI is InChI=1S/C14H26N2OS/c1-11(2)12(10-17-5)15-9-13(16(3)4)14-7-6-8-18-14/h6-8,11-13,15H,9-10H2,1-5H3. The van der Waals surface area contributed by atoms with Gasteiger partial charge in [-0.2, -0.15) is 0 Å². The summed E-state index contributed by atoms with van der Waals surface area (Å²) in [5.41, 5.74) is 0. The molecule has 0 fully saturated rings. The maximum absolute atomic E-state index is 5.28. The van der Waals surface area contributed by atoms with Crippen molar-refractivity contribution in [3.8, 4) is 0 Å². The van der Waals surface area contributed by atoms with Gasteiger partial charge in [-0.15, -0.1) is 11.3 Å². The summed E-state index contributed by atoms with van der Waals surface area (Å²) in [6, 6.07) is 5.17. The van der Waals surface area contributed by atoms with Crippen molar-refractivity contribution in [3.05, 3.63) is 22.4 Å². The molecule has 18 heavy (non-hydrogen) atoms. The zero-order valence-electron chi connectivity index (χ0n) is 12.1. The van der Waals surface area contributed by atoms with Crippen molar-refractivity contribution in [1.82, 2.24) is 10.2 Å². The molecular weight excluding hydrogens is 244 g/mol. The molecule has 1 N–H and O–H groups in total. The summed E-state index contributed by atoms with van der Waals surface area (Å²) in [7, 11) is 6.03. The lowest BCUT2D eigenvalue weighted by Crippen LogP contribution is -2.42. The summed E-state index contributed by atoms with van der Waals surface area (Å²) in [4.78, 5) is 3.68. The predicted octanol–water partition coefficient (Wildman–Crippen LogP) is 2.61. The Balaban J connectivity index is 2.57. The van der Waals surface area contributed by atoms with Gasteiger partial charge in [0.25, 0.3) is 0 Å². The number of methoxy groups -OCH3 is 1.